The van der Waals surface area contributed by atoms with Gasteiger partial charge in [-0.15, -0.1) is 22.1 Å². The van der Waals surface area contributed by atoms with Crippen molar-refractivity contribution in [1.29, 1.82) is 0 Å². The monoisotopic (exact) mass is 1460 g/mol. The molecule has 5 aliphatic rings. The van der Waals surface area contributed by atoms with E-state index in [1.807, 2.05) is 0 Å². The molecule has 0 atom stereocenters. The average molecular weight is 1460 g/mol. The van der Waals surface area contributed by atoms with Crippen LogP contribution in [0.25, 0.3) is 77.4 Å². The number of fused-ring (bicyclic) bond motifs is 8. The van der Waals surface area contributed by atoms with Crippen LogP contribution < -0.4 is 14.9 Å². The molecule has 12 rings (SSSR count). The van der Waals surface area contributed by atoms with Gasteiger partial charge in [0.25, 0.3) is 23.6 Å². The minimum Gasteiger partial charge on any atom is -0.657 e. The number of rotatable bonds is 29. The molecule has 550 valence electrons. The van der Waals surface area contributed by atoms with Crippen LogP contribution in [0.2, 0.25) is 0 Å². The zero-order chi connectivity index (χ0) is 73.9. The van der Waals surface area contributed by atoms with Gasteiger partial charge in [0.05, 0.1) is 22.8 Å². The van der Waals surface area contributed by atoms with Gasteiger partial charge in [-0.05, 0) is 201 Å². The zero-order valence-corrected chi connectivity index (χ0v) is 69.5. The van der Waals surface area contributed by atoms with Crippen LogP contribution in [0, 0.1) is 13.8 Å². The molecule has 0 radical (unpaired) electrons. The zero-order valence-electron chi connectivity index (χ0n) is 66.6. The number of anilines is 1. The number of hydrogen-bond acceptors (Lipinski definition) is 7. The summed E-state index contributed by atoms with van der Waals surface area (Å²) < 4.78 is 0. The maximum Gasteiger partial charge on any atom is 2.00 e. The van der Waals surface area contributed by atoms with Crippen molar-refractivity contribution < 1.29 is 38.7 Å². The fourth-order valence-electron chi connectivity index (χ4n) is 17.1. The number of carbonyl (C=O) groups excluding carboxylic acids is 4. The van der Waals surface area contributed by atoms with Gasteiger partial charge in [-0.25, -0.2) is 9.97 Å². The van der Waals surface area contributed by atoms with Gasteiger partial charge >= 0.3 is 19.5 Å². The Balaban J connectivity index is 0.0000110. The number of amides is 4. The normalized spacial score (nSPS) is 15.1. The minimum atomic E-state index is -0.368. The van der Waals surface area contributed by atoms with E-state index in [1.54, 1.807) is 24.3 Å². The number of benzene rings is 4. The number of aryl methyl sites for hydroxylation is 4. The summed E-state index contributed by atoms with van der Waals surface area (Å²) in [6.45, 7) is 36.3. The van der Waals surface area contributed by atoms with Crippen molar-refractivity contribution in [2.45, 2.75) is 288 Å². The summed E-state index contributed by atoms with van der Waals surface area (Å²) >= 11 is 0. The Morgan fingerprint density at radius 2 is 0.819 bits per heavy atom. The molecule has 1 fully saturated rings. The van der Waals surface area contributed by atoms with Crippen molar-refractivity contribution in [2.75, 3.05) is 24.5 Å². The molecule has 0 N–H and O–H groups in total. The third-order valence-electron chi connectivity index (χ3n) is 23.6. The van der Waals surface area contributed by atoms with E-state index >= 15 is 0 Å². The average Bonchev–Trinajstić information content (AvgIpc) is 1.60. The number of hydrogen-bond donors (Lipinski definition) is 0. The molecule has 0 spiro atoms. The molecule has 3 aromatic heterocycles. The summed E-state index contributed by atoms with van der Waals surface area (Å²) in [6, 6.07) is 27.6. The van der Waals surface area contributed by atoms with Crippen LogP contribution in [-0.4, -0.2) is 69.1 Å². The van der Waals surface area contributed by atoms with Gasteiger partial charge in [-0.3, -0.25) is 29.0 Å². The number of allylic oxidation sites excluding steroid dienone is 4. The number of nitrogens with zero attached hydrogens (tertiary/aromatic N) is 7. The fourth-order valence-corrected chi connectivity index (χ4v) is 17.1. The third kappa shape index (κ3) is 15.9. The topological polar surface area (TPSA) is 132 Å². The maximum atomic E-state index is 14.8. The first kappa shape index (κ1) is 78.5. The molecule has 0 saturated carbocycles. The number of carbonyl (C=O) groups is 4. The quantitative estimate of drug-likeness (QED) is 0.0255. The Hall–Kier alpha value is -7.56. The fraction of sp³-hybridized carbons (Fsp3) is 0.505. The second-order valence-electron chi connectivity index (χ2n) is 33.0. The van der Waals surface area contributed by atoms with E-state index in [0.29, 0.717) is 65.5 Å². The van der Waals surface area contributed by atoms with Crippen LogP contribution in [0.3, 0.4) is 0 Å². The standard InChI is InChI=1S/C93H117N7O4.Zn/c1-16-21-26-31-36-68-58(6)84-80(62-40-42-66(43-41-62)98-51-48-67(49-52-98)100-90(103)74-46-44-72-82-73(45-47-75(83(74)82)91(100)104)89(102)99(88(72)101)50-35-30-25-20-5)85-59(7)69(37-32-27-22-17-2)77(95-85)57-79-71(39-34-29-24-19-4)61(9)87(97-79)81(63-53-64(92(10,11)12)55-65(54-63)93(13,14)15)86-60(8)70(38-33-28-23-18-3)78(96-86)56-76(68)94-84;/h40-47,53-57,67H,16-39,48-52H2,1-15H3;/q-2;+2. The van der Waals surface area contributed by atoms with E-state index in [1.165, 1.54) is 110 Å². The number of piperidine rings is 1. The summed E-state index contributed by atoms with van der Waals surface area (Å²) in [6.07, 6.45) is 26.9. The molecule has 0 aliphatic carbocycles. The molecule has 4 amide bonds. The number of unbranched alkanes of at least 4 members (excludes halogenated alkanes) is 15. The summed E-state index contributed by atoms with van der Waals surface area (Å²) in [4.78, 5) is 86.7. The molecule has 5 aliphatic heterocycles. The Morgan fingerprint density at radius 1 is 0.438 bits per heavy atom. The first-order valence-corrected chi connectivity index (χ1v) is 40.5. The summed E-state index contributed by atoms with van der Waals surface area (Å²) in [7, 11) is 0. The van der Waals surface area contributed by atoms with Crippen molar-refractivity contribution in [3.8, 4) is 22.3 Å². The summed E-state index contributed by atoms with van der Waals surface area (Å²) in [5, 5.41) is 0.849. The van der Waals surface area contributed by atoms with Crippen LogP contribution in [0.5, 0.6) is 0 Å². The molecule has 1 saturated heterocycles. The van der Waals surface area contributed by atoms with Crippen molar-refractivity contribution in [3.05, 3.63) is 157 Å². The smallest absolute Gasteiger partial charge is 0.657 e. The van der Waals surface area contributed by atoms with Crippen molar-refractivity contribution in [1.82, 2.24) is 29.7 Å². The van der Waals surface area contributed by atoms with E-state index in [-0.39, 0.29) is 60.0 Å². The van der Waals surface area contributed by atoms with Crippen molar-refractivity contribution in [2.24, 2.45) is 0 Å². The number of aromatic nitrogens is 4. The molecular weight excluding hydrogens is 1340 g/mol. The second kappa shape index (κ2) is 33.7. The SMILES string of the molecule is CCCCCCC1=C(C)c2nc1cc1[n-]c(c(C)c1CCCCCC)c(-c1ccc(N3CCC(N4C(=O)c5ccc6c7c(ccc(c57)C4=O)C(=O)N(CCCCCC)C6=O)CC3)cc1)c1nc(cc3[n-]c(c(C)c3CCCCCC)c2-c2cc(C(C)(C)C)cc(C(C)(C)C)c2)C(CCCCCC)=C1C.[Zn+2]. The second-order valence-corrected chi connectivity index (χ2v) is 33.0. The van der Waals surface area contributed by atoms with Gasteiger partial charge in [-0.1, -0.05) is 237 Å². The first-order valence-electron chi connectivity index (χ1n) is 40.5. The Morgan fingerprint density at radius 3 is 1.22 bits per heavy atom. The van der Waals surface area contributed by atoms with Crippen LogP contribution in [0.4, 0.5) is 5.69 Å². The van der Waals surface area contributed by atoms with E-state index in [4.69, 9.17) is 19.9 Å². The van der Waals surface area contributed by atoms with E-state index in [0.717, 1.165) is 183 Å². The molecule has 0 unspecified atom stereocenters. The predicted molar refractivity (Wildman–Crippen MR) is 434 cm³/mol. The van der Waals surface area contributed by atoms with Gasteiger partial charge in [0.1, 0.15) is 0 Å². The summed E-state index contributed by atoms with van der Waals surface area (Å²) in [5.74, 6) is -1.46. The van der Waals surface area contributed by atoms with Gasteiger partial charge < -0.3 is 14.9 Å². The van der Waals surface area contributed by atoms with Crippen LogP contribution in [0.15, 0.2) is 78.9 Å². The Kier molecular flexibility index (Phi) is 25.2. The van der Waals surface area contributed by atoms with Crippen LogP contribution in [0.1, 0.15) is 342 Å². The summed E-state index contributed by atoms with van der Waals surface area (Å²) in [5.41, 5.74) is 27.4. The van der Waals surface area contributed by atoms with Gasteiger partial charge in [0.2, 0.25) is 0 Å². The molecule has 12 heteroatoms. The maximum absolute atomic E-state index is 14.8. The van der Waals surface area contributed by atoms with Gasteiger partial charge in [-0.2, -0.15) is 0 Å². The molecule has 105 heavy (non-hydrogen) atoms. The minimum absolute atomic E-state index is 0. The van der Waals surface area contributed by atoms with Crippen LogP contribution in [-0.2, 0) is 43.1 Å². The van der Waals surface area contributed by atoms with Gasteiger partial charge in [0, 0.05) is 64.4 Å². The van der Waals surface area contributed by atoms with E-state index < -0.39 is 0 Å². The van der Waals surface area contributed by atoms with E-state index in [2.05, 4.69) is 163 Å². The largest absolute Gasteiger partial charge is 2.00 e. The number of imide groups is 2. The molecule has 8 heterocycles. The van der Waals surface area contributed by atoms with Gasteiger partial charge in [0.15, 0.2) is 0 Å². The van der Waals surface area contributed by atoms with Crippen molar-refractivity contribution >= 4 is 84.4 Å². The van der Waals surface area contributed by atoms with Crippen molar-refractivity contribution in [3.63, 3.8) is 0 Å². The molecule has 11 nitrogen and oxygen atoms in total. The predicted octanol–water partition coefficient (Wildman–Crippen LogP) is 23.8. The van der Waals surface area contributed by atoms with Crippen LogP contribution >= 0.6 is 0 Å². The molecular formula is C93H117N7O4Zn. The molecule has 7 aromatic rings. The molecule has 8 bridgehead atoms. The Labute approximate surface area is 640 Å². The third-order valence-corrected chi connectivity index (χ3v) is 23.6. The first-order chi connectivity index (χ1) is 50.0. The Bertz CT molecular complexity index is 4570. The molecule has 4 aromatic carbocycles. The van der Waals surface area contributed by atoms with E-state index in [9.17, 15) is 19.2 Å².